The first-order valence-electron chi connectivity index (χ1n) is 30.8. The standard InChI is InChI=1S/C75H55N17O2/c1-9-52-10-2-48(1)38-89-42-64(81-85-89)46-93-66-25-17-56(18-26-66)74-68-29-21-60(77-68)34-62-23-31-70(79-62)75(71-32-24-63(80-71)35-61-22-30-69(74)78-61)57-19-27-67(28-20-57)94-47-65-43-90(86-82-65)39-49-3-11-53(12-4-49)55-15-7-51(8-16-55)41-92-45-73(84-88-92)59-33-58(36-76-37-59)72-44-91(87-83-72)40-50-5-13-54(52)14-6-50/h1-37,42-45,77,80H,38-41,46-47H2. The molecule has 0 unspecified atom stereocenters. The van der Waals surface area contributed by atoms with Crippen LogP contribution in [0.5, 0.6) is 11.5 Å². The molecule has 0 saturated carbocycles. The SMILES string of the molecule is C1=Cc2nc1cc1ccc([nH]1)c1c3nc(cc4ccc([nH]4)c2-c2ccc(cc2)OCc2cn(nn2)Cc2ccc(cc2)-c2ccc(cc2)Cn2cc(nn2)-c2cncc(c2)-c2cn(nn2)Cc2ccc(cc2)-c2ccc(cc2)Cn2cc(nn2)COc2ccc-1cc2)C=C3. The number of nitrogens with one attached hydrogen (secondary N) is 2. The topological polar surface area (TPSA) is 212 Å². The monoisotopic (exact) mass is 1230 g/mol. The summed E-state index contributed by atoms with van der Waals surface area (Å²) in [5.41, 5.74) is 24.3. The van der Waals surface area contributed by atoms with Crippen molar-refractivity contribution in [1.29, 1.82) is 0 Å². The van der Waals surface area contributed by atoms with Gasteiger partial charge in [0.1, 0.15) is 47.5 Å². The number of pyridine rings is 1. The number of aromatic nitrogens is 17. The largest absolute Gasteiger partial charge is 0.487 e. The van der Waals surface area contributed by atoms with E-state index in [1.165, 1.54) is 0 Å². The van der Waals surface area contributed by atoms with Crippen LogP contribution in [0.1, 0.15) is 56.4 Å². The zero-order valence-corrected chi connectivity index (χ0v) is 50.4. The smallest absolute Gasteiger partial charge is 0.134 e. The molecule has 0 aliphatic carbocycles. The molecule has 8 aromatic heterocycles. The van der Waals surface area contributed by atoms with Crippen molar-refractivity contribution in [1.82, 2.24) is 84.9 Å². The molecule has 19 nitrogen and oxygen atoms in total. The van der Waals surface area contributed by atoms with E-state index in [0.717, 1.165) is 146 Å². The van der Waals surface area contributed by atoms with E-state index < -0.39 is 0 Å². The highest BCUT2D eigenvalue weighted by Crippen LogP contribution is 2.35. The van der Waals surface area contributed by atoms with Gasteiger partial charge in [0.15, 0.2) is 0 Å². The summed E-state index contributed by atoms with van der Waals surface area (Å²) in [6, 6.07) is 64.8. The van der Waals surface area contributed by atoms with Crippen LogP contribution >= 0.6 is 0 Å². The van der Waals surface area contributed by atoms with Gasteiger partial charge in [-0.15, -0.1) is 20.4 Å². The number of rotatable bonds is 0. The summed E-state index contributed by atoms with van der Waals surface area (Å²) < 4.78 is 19.9. The second-order valence-electron chi connectivity index (χ2n) is 23.5. The minimum atomic E-state index is 0.262. The Bertz CT molecular complexity index is 5030. The summed E-state index contributed by atoms with van der Waals surface area (Å²) in [7, 11) is 0. The second-order valence-corrected chi connectivity index (χ2v) is 23.5. The van der Waals surface area contributed by atoms with E-state index in [-0.39, 0.29) is 13.2 Å². The molecule has 18 aliphatic rings. The summed E-state index contributed by atoms with van der Waals surface area (Å²) in [4.78, 5) is 22.2. The van der Waals surface area contributed by atoms with Gasteiger partial charge in [-0.2, -0.15) is 0 Å². The number of ether oxygens (including phenoxy) is 2. The van der Waals surface area contributed by atoms with Crippen LogP contribution in [0, 0.1) is 0 Å². The maximum atomic E-state index is 6.29. The zero-order valence-electron chi connectivity index (χ0n) is 50.4. The Labute approximate surface area is 537 Å². The highest BCUT2D eigenvalue weighted by atomic mass is 16.5. The van der Waals surface area contributed by atoms with Gasteiger partial charge in [0, 0.05) is 56.7 Å². The van der Waals surface area contributed by atoms with Gasteiger partial charge in [-0.25, -0.2) is 28.7 Å². The van der Waals surface area contributed by atoms with Crippen LogP contribution < -0.4 is 9.47 Å². The molecule has 32 rings (SSSR count). The van der Waals surface area contributed by atoms with Crippen molar-refractivity contribution < 1.29 is 9.47 Å². The molecule has 6 aromatic carbocycles. The fraction of sp³-hybridized carbons (Fsp3) is 0.0800. The van der Waals surface area contributed by atoms with Gasteiger partial charge in [0.05, 0.1) is 73.7 Å². The Morgan fingerprint density at radius 1 is 0.330 bits per heavy atom. The van der Waals surface area contributed by atoms with Crippen LogP contribution in [-0.4, -0.2) is 84.9 Å². The second kappa shape index (κ2) is 23.9. The van der Waals surface area contributed by atoms with Crippen molar-refractivity contribution >= 4 is 46.4 Å². The Hall–Kier alpha value is -12.8. The molecular formula is C75H55N17O2. The molecule has 0 amide bonds. The molecule has 0 atom stereocenters. The molecule has 19 heteroatoms. The molecule has 26 heterocycles. The number of benzene rings is 6. The average molecular weight is 1230 g/mol. The van der Waals surface area contributed by atoms with Gasteiger partial charge in [0.2, 0.25) is 0 Å². The summed E-state index contributed by atoms with van der Waals surface area (Å²) in [6.45, 7) is 2.78. The fourth-order valence-electron chi connectivity index (χ4n) is 12.1. The predicted molar refractivity (Wildman–Crippen MR) is 361 cm³/mol. The van der Waals surface area contributed by atoms with Crippen LogP contribution in [0.2, 0.25) is 0 Å². The molecule has 452 valence electrons. The lowest BCUT2D eigenvalue weighted by Gasteiger charge is -2.08. The van der Waals surface area contributed by atoms with E-state index in [9.17, 15) is 0 Å². The van der Waals surface area contributed by atoms with Gasteiger partial charge in [-0.1, -0.05) is 142 Å². The van der Waals surface area contributed by atoms with Crippen LogP contribution in [0.25, 0.3) is 113 Å². The van der Waals surface area contributed by atoms with Gasteiger partial charge >= 0.3 is 0 Å². The quantitative estimate of drug-likeness (QED) is 0.145. The Morgan fingerprint density at radius 2 is 0.691 bits per heavy atom. The lowest BCUT2D eigenvalue weighted by atomic mass is 10.0. The number of H-pyrrole nitrogens is 2. The fourth-order valence-corrected chi connectivity index (χ4v) is 12.1. The van der Waals surface area contributed by atoms with Crippen molar-refractivity contribution in [2.75, 3.05) is 0 Å². The molecule has 2 N–H and O–H groups in total. The molecule has 0 fully saturated rings. The van der Waals surface area contributed by atoms with Crippen LogP contribution in [-0.2, 0) is 39.4 Å². The highest BCUT2D eigenvalue weighted by molar-refractivity contribution is 5.93. The molecule has 0 spiro atoms. The Morgan fingerprint density at radius 3 is 1.09 bits per heavy atom. The number of nitrogens with zero attached hydrogens (tertiary/aromatic N) is 15. The van der Waals surface area contributed by atoms with Gasteiger partial charge in [0.25, 0.3) is 0 Å². The normalized spacial score (nSPS) is 12.9. The molecule has 94 heavy (non-hydrogen) atoms. The molecule has 18 aliphatic heterocycles. The van der Waals surface area contributed by atoms with E-state index in [1.54, 1.807) is 12.4 Å². The van der Waals surface area contributed by atoms with Crippen LogP contribution in [0.4, 0.5) is 0 Å². The Balaban J connectivity index is 0.645. The molecule has 0 radical (unpaired) electrons. The number of aromatic amines is 2. The minimum Gasteiger partial charge on any atom is -0.487 e. The predicted octanol–water partition coefficient (Wildman–Crippen LogP) is 14.1. The van der Waals surface area contributed by atoms with E-state index in [1.807, 2.05) is 86.0 Å². The van der Waals surface area contributed by atoms with E-state index in [4.69, 9.17) is 19.4 Å². The van der Waals surface area contributed by atoms with Crippen molar-refractivity contribution in [3.05, 3.63) is 282 Å². The lowest BCUT2D eigenvalue weighted by Crippen LogP contribution is -2.00. The summed E-state index contributed by atoms with van der Waals surface area (Å²) in [6.07, 6.45) is 19.6. The van der Waals surface area contributed by atoms with Crippen molar-refractivity contribution in [3.63, 3.8) is 0 Å². The molecular weight excluding hydrogens is 1170 g/mol. The summed E-state index contributed by atoms with van der Waals surface area (Å²) >= 11 is 0. The summed E-state index contributed by atoms with van der Waals surface area (Å²) in [5.74, 6) is 1.42. The molecule has 14 aromatic rings. The lowest BCUT2D eigenvalue weighted by molar-refractivity contribution is 0.301. The number of hydrogen-bond acceptors (Lipinski definition) is 13. The van der Waals surface area contributed by atoms with Gasteiger partial charge < -0.3 is 19.4 Å². The van der Waals surface area contributed by atoms with E-state index in [2.05, 4.69) is 226 Å². The third-order valence-electron chi connectivity index (χ3n) is 16.9. The van der Waals surface area contributed by atoms with E-state index in [0.29, 0.717) is 37.7 Å². The van der Waals surface area contributed by atoms with Gasteiger partial charge in [-0.05, 0) is 147 Å². The number of hydrogen-bond donors (Lipinski definition) is 2. The van der Waals surface area contributed by atoms with Crippen LogP contribution in [0.3, 0.4) is 0 Å². The van der Waals surface area contributed by atoms with Crippen molar-refractivity contribution in [2.24, 2.45) is 0 Å². The minimum absolute atomic E-state index is 0.262. The maximum absolute atomic E-state index is 6.29. The Kier molecular flexibility index (Phi) is 14.0. The van der Waals surface area contributed by atoms with E-state index >= 15 is 0 Å². The molecule has 32 bridgehead atoms. The maximum Gasteiger partial charge on any atom is 0.134 e. The third-order valence-corrected chi connectivity index (χ3v) is 16.9. The van der Waals surface area contributed by atoms with Crippen LogP contribution in [0.15, 0.2) is 225 Å². The van der Waals surface area contributed by atoms with Gasteiger partial charge in [-0.3, -0.25) is 4.98 Å². The van der Waals surface area contributed by atoms with Crippen molar-refractivity contribution in [2.45, 2.75) is 39.4 Å². The zero-order chi connectivity index (χ0) is 62.3. The third kappa shape index (κ3) is 11.7. The first kappa shape index (κ1) is 55.3. The summed E-state index contributed by atoms with van der Waals surface area (Å²) in [5, 5.41) is 35.7. The van der Waals surface area contributed by atoms with Crippen molar-refractivity contribution in [3.8, 4) is 78.5 Å². The highest BCUT2D eigenvalue weighted by Gasteiger charge is 2.17. The first-order valence-corrected chi connectivity index (χ1v) is 30.8. The average Bonchev–Trinajstić information content (AvgIpc) is 1.67. The molecule has 0 saturated heterocycles. The first-order chi connectivity index (χ1) is 46.4.